The number of rotatable bonds is 8. The molecule has 0 saturated carbocycles. The van der Waals surface area contributed by atoms with Crippen molar-refractivity contribution in [2.75, 3.05) is 7.05 Å². The number of guanidine groups is 1. The fraction of sp³-hybridized carbons (Fsp3) is 0.267. The summed E-state index contributed by atoms with van der Waals surface area (Å²) in [5.41, 5.74) is 20.7. The van der Waals surface area contributed by atoms with Crippen LogP contribution in [0.2, 0.25) is 0 Å². The van der Waals surface area contributed by atoms with Crippen molar-refractivity contribution in [1.82, 2.24) is 15.8 Å². The number of hydrogen-bond acceptors (Lipinski definition) is 6. The zero-order valence-corrected chi connectivity index (χ0v) is 14.5. The number of nitrogens with two attached hydrogens (primary N) is 3. The Labute approximate surface area is 154 Å². The molecule has 0 heterocycles. The van der Waals surface area contributed by atoms with Gasteiger partial charge in [0.05, 0.1) is 18.5 Å². The smallest absolute Gasteiger partial charge is 0.338 e. The molecule has 12 nitrogen and oxygen atoms in total. The maximum Gasteiger partial charge on any atom is 0.338 e. The molecule has 0 aromatic heterocycles. The SMILES string of the molecule is CN(C(=O)Cc1cccc(N=C(N)N)c1)C(=O)NN[C@@H](CC(N)=O)C(=O)O. The zero-order chi connectivity index (χ0) is 20.6. The van der Waals surface area contributed by atoms with E-state index in [2.05, 4.69) is 10.4 Å². The summed E-state index contributed by atoms with van der Waals surface area (Å²) in [5.74, 6) is -2.96. The van der Waals surface area contributed by atoms with Crippen LogP contribution in [-0.2, 0) is 20.8 Å². The highest BCUT2D eigenvalue weighted by atomic mass is 16.4. The number of amides is 4. The zero-order valence-electron chi connectivity index (χ0n) is 14.5. The number of likely N-dealkylation sites (N-methyl/N-ethyl adjacent to an activating group) is 1. The number of nitrogens with zero attached hydrogens (tertiary/aromatic N) is 2. The molecule has 27 heavy (non-hydrogen) atoms. The molecule has 0 saturated heterocycles. The molecule has 0 aliphatic carbocycles. The second kappa shape index (κ2) is 9.72. The monoisotopic (exact) mass is 379 g/mol. The highest BCUT2D eigenvalue weighted by Crippen LogP contribution is 2.14. The number of benzene rings is 1. The second-order valence-electron chi connectivity index (χ2n) is 5.47. The molecule has 0 fully saturated rings. The number of carboxylic acid groups (broad SMARTS) is 1. The Balaban J connectivity index is 2.67. The Bertz CT molecular complexity index is 761. The Kier molecular flexibility index (Phi) is 7.69. The third-order valence-electron chi connectivity index (χ3n) is 3.26. The molecule has 0 spiro atoms. The van der Waals surface area contributed by atoms with Crippen LogP contribution in [0.3, 0.4) is 0 Å². The minimum atomic E-state index is -1.42. The van der Waals surface area contributed by atoms with E-state index in [0.717, 1.165) is 4.90 Å². The van der Waals surface area contributed by atoms with Crippen molar-refractivity contribution in [1.29, 1.82) is 0 Å². The van der Waals surface area contributed by atoms with Crippen molar-refractivity contribution in [3.63, 3.8) is 0 Å². The molecule has 0 aliphatic rings. The molecule has 1 rings (SSSR count). The molecular weight excluding hydrogens is 358 g/mol. The number of nitrogens with one attached hydrogen (secondary N) is 2. The quantitative estimate of drug-likeness (QED) is 0.171. The van der Waals surface area contributed by atoms with Crippen LogP contribution in [0.5, 0.6) is 0 Å². The Morgan fingerprint density at radius 1 is 1.22 bits per heavy atom. The predicted molar refractivity (Wildman–Crippen MR) is 95.3 cm³/mol. The van der Waals surface area contributed by atoms with Gasteiger partial charge in [-0.3, -0.25) is 24.7 Å². The molecule has 0 aliphatic heterocycles. The van der Waals surface area contributed by atoms with Gasteiger partial charge in [-0.15, -0.1) is 0 Å². The van der Waals surface area contributed by atoms with Crippen LogP contribution in [0.1, 0.15) is 12.0 Å². The van der Waals surface area contributed by atoms with Crippen LogP contribution in [0.25, 0.3) is 0 Å². The van der Waals surface area contributed by atoms with Crippen LogP contribution < -0.4 is 28.1 Å². The van der Waals surface area contributed by atoms with Crippen molar-refractivity contribution in [2.24, 2.45) is 22.2 Å². The lowest BCUT2D eigenvalue weighted by molar-refractivity contribution is -0.141. The van der Waals surface area contributed by atoms with Crippen molar-refractivity contribution in [3.8, 4) is 0 Å². The minimum absolute atomic E-state index is 0.124. The topological polar surface area (TPSA) is 206 Å². The van der Waals surface area contributed by atoms with Gasteiger partial charge in [-0.1, -0.05) is 12.1 Å². The standard InChI is InChI=1S/C15H21N7O5/c1-22(15(27)21-20-10(13(25)26)7-11(16)23)12(24)6-8-3-2-4-9(5-8)19-14(17)18/h2-5,10,20H,6-7H2,1H3,(H2,16,23)(H,21,27)(H,25,26)(H4,17,18,19)/t10-/m0/s1. The number of imide groups is 1. The second-order valence-corrected chi connectivity index (χ2v) is 5.47. The number of aliphatic carboxylic acids is 1. The summed E-state index contributed by atoms with van der Waals surface area (Å²) in [6, 6.07) is 4.18. The van der Waals surface area contributed by atoms with E-state index < -0.39 is 36.3 Å². The molecule has 146 valence electrons. The lowest BCUT2D eigenvalue weighted by Crippen LogP contribution is -2.54. The Morgan fingerprint density at radius 3 is 2.44 bits per heavy atom. The predicted octanol–water partition coefficient (Wildman–Crippen LogP) is -1.86. The molecule has 0 unspecified atom stereocenters. The van der Waals surface area contributed by atoms with Crippen molar-refractivity contribution in [2.45, 2.75) is 18.9 Å². The van der Waals surface area contributed by atoms with Crippen LogP contribution in [0, 0.1) is 0 Å². The first kappa shape index (κ1) is 21.4. The maximum absolute atomic E-state index is 12.2. The van der Waals surface area contributed by atoms with E-state index in [1.807, 2.05) is 5.43 Å². The highest BCUT2D eigenvalue weighted by Gasteiger charge is 2.22. The van der Waals surface area contributed by atoms with E-state index in [4.69, 9.17) is 22.3 Å². The average Bonchev–Trinajstić information content (AvgIpc) is 2.56. The number of urea groups is 1. The number of carbonyl (C=O) groups excluding carboxylic acids is 3. The molecule has 4 amide bonds. The van der Waals surface area contributed by atoms with E-state index in [0.29, 0.717) is 11.3 Å². The molecule has 9 N–H and O–H groups in total. The summed E-state index contributed by atoms with van der Waals surface area (Å²) in [6.07, 6.45) is -0.660. The van der Waals surface area contributed by atoms with Gasteiger partial charge < -0.3 is 22.3 Å². The van der Waals surface area contributed by atoms with Gasteiger partial charge in [-0.25, -0.2) is 15.2 Å². The molecular formula is C15H21N7O5. The number of carboxylic acids is 1. The van der Waals surface area contributed by atoms with Gasteiger partial charge >= 0.3 is 12.0 Å². The third-order valence-corrected chi connectivity index (χ3v) is 3.26. The van der Waals surface area contributed by atoms with Crippen LogP contribution in [0.4, 0.5) is 10.5 Å². The van der Waals surface area contributed by atoms with Gasteiger partial charge in [0.25, 0.3) is 0 Å². The van der Waals surface area contributed by atoms with E-state index in [1.165, 1.54) is 7.05 Å². The fourth-order valence-corrected chi connectivity index (χ4v) is 1.93. The summed E-state index contributed by atoms with van der Waals surface area (Å²) in [4.78, 5) is 50.6. The first-order valence-corrected chi connectivity index (χ1v) is 7.62. The normalized spacial score (nSPS) is 11.1. The molecule has 1 aromatic carbocycles. The fourth-order valence-electron chi connectivity index (χ4n) is 1.93. The van der Waals surface area contributed by atoms with Crippen molar-refractivity contribution < 1.29 is 24.3 Å². The van der Waals surface area contributed by atoms with Gasteiger partial charge in [0, 0.05) is 7.05 Å². The number of aliphatic imine (C=N–C) groups is 1. The summed E-state index contributed by atoms with van der Waals surface area (Å²) >= 11 is 0. The molecule has 0 radical (unpaired) electrons. The van der Waals surface area contributed by atoms with Gasteiger partial charge in [0.1, 0.15) is 6.04 Å². The van der Waals surface area contributed by atoms with Gasteiger partial charge in [-0.2, -0.15) is 0 Å². The maximum atomic E-state index is 12.2. The number of primary amides is 1. The van der Waals surface area contributed by atoms with Crippen LogP contribution in [0.15, 0.2) is 29.3 Å². The average molecular weight is 379 g/mol. The molecule has 0 bridgehead atoms. The Hall–Kier alpha value is -3.67. The lowest BCUT2D eigenvalue weighted by Gasteiger charge is -2.19. The van der Waals surface area contributed by atoms with E-state index in [-0.39, 0.29) is 12.4 Å². The Morgan fingerprint density at radius 2 is 1.89 bits per heavy atom. The summed E-state index contributed by atoms with van der Waals surface area (Å²) in [7, 11) is 1.21. The summed E-state index contributed by atoms with van der Waals surface area (Å²) in [6.45, 7) is 0. The number of hydrazine groups is 1. The number of carbonyl (C=O) groups is 4. The lowest BCUT2D eigenvalue weighted by atomic mass is 10.1. The largest absolute Gasteiger partial charge is 0.480 e. The van der Waals surface area contributed by atoms with E-state index in [9.17, 15) is 19.2 Å². The number of hydrogen-bond donors (Lipinski definition) is 6. The summed E-state index contributed by atoms with van der Waals surface area (Å²) in [5, 5.41) is 8.94. The first-order valence-electron chi connectivity index (χ1n) is 7.62. The summed E-state index contributed by atoms with van der Waals surface area (Å²) < 4.78 is 0. The van der Waals surface area contributed by atoms with E-state index in [1.54, 1.807) is 24.3 Å². The van der Waals surface area contributed by atoms with Gasteiger partial charge in [-0.05, 0) is 17.7 Å². The molecule has 1 atom stereocenters. The highest BCUT2D eigenvalue weighted by molar-refractivity contribution is 5.95. The van der Waals surface area contributed by atoms with Crippen LogP contribution in [-0.4, -0.2) is 52.9 Å². The third kappa shape index (κ3) is 7.39. The van der Waals surface area contributed by atoms with Crippen molar-refractivity contribution >= 4 is 35.5 Å². The first-order chi connectivity index (χ1) is 12.6. The van der Waals surface area contributed by atoms with Crippen molar-refractivity contribution in [3.05, 3.63) is 29.8 Å². The van der Waals surface area contributed by atoms with Crippen LogP contribution >= 0.6 is 0 Å². The molecule has 1 aromatic rings. The molecule has 12 heteroatoms. The minimum Gasteiger partial charge on any atom is -0.480 e. The van der Waals surface area contributed by atoms with Gasteiger partial charge in [0.15, 0.2) is 5.96 Å². The van der Waals surface area contributed by atoms with E-state index >= 15 is 0 Å². The van der Waals surface area contributed by atoms with Gasteiger partial charge in [0.2, 0.25) is 11.8 Å².